The highest BCUT2D eigenvalue weighted by Crippen LogP contribution is 2.23. The first-order valence-electron chi connectivity index (χ1n) is 7.06. The molecule has 1 aromatic carbocycles. The number of carbonyl (C=O) groups is 1. The van der Waals surface area contributed by atoms with E-state index in [-0.39, 0.29) is 17.7 Å². The van der Waals surface area contributed by atoms with E-state index >= 15 is 0 Å². The maximum Gasteiger partial charge on any atom is 0.273 e. The average molecular weight is 292 g/mol. The van der Waals surface area contributed by atoms with E-state index in [2.05, 4.69) is 13.8 Å². The Hall–Kier alpha value is -1.95. The summed E-state index contributed by atoms with van der Waals surface area (Å²) in [6, 6.07) is 4.62. The lowest BCUT2D eigenvalue weighted by Gasteiger charge is -2.35. The van der Waals surface area contributed by atoms with E-state index in [0.717, 1.165) is 0 Å². The number of nitro groups is 1. The van der Waals surface area contributed by atoms with Crippen molar-refractivity contribution in [3.63, 3.8) is 0 Å². The molecule has 0 aromatic heterocycles. The predicted molar refractivity (Wildman–Crippen MR) is 78.3 cm³/mol. The molecule has 0 bridgehead atoms. The van der Waals surface area contributed by atoms with Crippen molar-refractivity contribution in [1.82, 2.24) is 4.90 Å². The van der Waals surface area contributed by atoms with E-state index in [9.17, 15) is 14.9 Å². The molecule has 0 aliphatic carbocycles. The van der Waals surface area contributed by atoms with Gasteiger partial charge in [-0.2, -0.15) is 0 Å². The van der Waals surface area contributed by atoms with Crippen molar-refractivity contribution in [3.8, 4) is 0 Å². The summed E-state index contributed by atoms with van der Waals surface area (Å²) < 4.78 is 5.65. The van der Waals surface area contributed by atoms with Crippen LogP contribution in [0.25, 0.3) is 0 Å². The number of amides is 1. The minimum absolute atomic E-state index is 0.0155. The van der Waals surface area contributed by atoms with Crippen molar-refractivity contribution in [3.05, 3.63) is 39.4 Å². The highest BCUT2D eigenvalue weighted by molar-refractivity contribution is 5.96. The van der Waals surface area contributed by atoms with Gasteiger partial charge in [0, 0.05) is 30.3 Å². The zero-order chi connectivity index (χ0) is 15.6. The zero-order valence-corrected chi connectivity index (χ0v) is 12.5. The lowest BCUT2D eigenvalue weighted by Crippen LogP contribution is -2.47. The van der Waals surface area contributed by atoms with Crippen LogP contribution in [0.3, 0.4) is 0 Å². The van der Waals surface area contributed by atoms with Crippen LogP contribution in [0.5, 0.6) is 0 Å². The standard InChI is InChI=1S/C15H20N2O4/c1-10(2)14-9-16(7-8-21-14)15(18)12-5-4-6-13(11(12)3)17(19)20/h4-6,10,14H,7-9H2,1-3H3. The molecule has 1 aliphatic rings. The normalized spacial score (nSPS) is 18.9. The van der Waals surface area contributed by atoms with Crippen LogP contribution in [-0.2, 0) is 4.74 Å². The average Bonchev–Trinajstić information content (AvgIpc) is 2.46. The Morgan fingerprint density at radius 1 is 1.48 bits per heavy atom. The molecule has 6 nitrogen and oxygen atoms in total. The van der Waals surface area contributed by atoms with Crippen molar-refractivity contribution in [1.29, 1.82) is 0 Å². The molecule has 1 heterocycles. The lowest BCUT2D eigenvalue weighted by molar-refractivity contribution is -0.385. The van der Waals surface area contributed by atoms with E-state index in [1.807, 2.05) is 0 Å². The van der Waals surface area contributed by atoms with Gasteiger partial charge in [0.15, 0.2) is 0 Å². The second-order valence-electron chi connectivity index (χ2n) is 5.61. The van der Waals surface area contributed by atoms with Crippen molar-refractivity contribution in [2.45, 2.75) is 26.9 Å². The Morgan fingerprint density at radius 3 is 2.81 bits per heavy atom. The summed E-state index contributed by atoms with van der Waals surface area (Å²) in [5, 5.41) is 11.0. The fraction of sp³-hybridized carbons (Fsp3) is 0.533. The minimum atomic E-state index is -0.456. The first-order valence-corrected chi connectivity index (χ1v) is 7.06. The first kappa shape index (κ1) is 15.4. The highest BCUT2D eigenvalue weighted by atomic mass is 16.6. The number of hydrogen-bond acceptors (Lipinski definition) is 4. The van der Waals surface area contributed by atoms with Gasteiger partial charge in [0.25, 0.3) is 11.6 Å². The lowest BCUT2D eigenvalue weighted by atomic mass is 10.0. The number of benzene rings is 1. The Morgan fingerprint density at radius 2 is 2.19 bits per heavy atom. The summed E-state index contributed by atoms with van der Waals surface area (Å²) in [6.45, 7) is 7.27. The van der Waals surface area contributed by atoms with Crippen molar-refractivity contribution in [2.24, 2.45) is 5.92 Å². The van der Waals surface area contributed by atoms with Gasteiger partial charge in [-0.05, 0) is 18.9 Å². The molecule has 1 aromatic rings. The van der Waals surface area contributed by atoms with Gasteiger partial charge in [0.2, 0.25) is 0 Å². The monoisotopic (exact) mass is 292 g/mol. The van der Waals surface area contributed by atoms with Crippen LogP contribution in [0.1, 0.15) is 29.8 Å². The Kier molecular flexibility index (Phi) is 4.57. The first-order chi connectivity index (χ1) is 9.91. The fourth-order valence-corrected chi connectivity index (χ4v) is 2.49. The largest absolute Gasteiger partial charge is 0.374 e. The molecular formula is C15H20N2O4. The molecule has 0 N–H and O–H groups in total. The van der Waals surface area contributed by atoms with E-state index in [0.29, 0.717) is 36.7 Å². The Labute approximate surface area is 123 Å². The third-order valence-corrected chi connectivity index (χ3v) is 3.86. The van der Waals surface area contributed by atoms with E-state index < -0.39 is 4.92 Å². The predicted octanol–water partition coefficient (Wildman–Crippen LogP) is 2.40. The summed E-state index contributed by atoms with van der Waals surface area (Å²) in [6.07, 6.45) is 0.0155. The summed E-state index contributed by atoms with van der Waals surface area (Å²) in [5.41, 5.74) is 0.795. The molecule has 21 heavy (non-hydrogen) atoms. The van der Waals surface area contributed by atoms with Crippen molar-refractivity contribution in [2.75, 3.05) is 19.7 Å². The molecular weight excluding hydrogens is 272 g/mol. The summed E-state index contributed by atoms with van der Waals surface area (Å²) in [5.74, 6) is 0.164. The quantitative estimate of drug-likeness (QED) is 0.633. The topological polar surface area (TPSA) is 72.7 Å². The Balaban J connectivity index is 2.24. The van der Waals surface area contributed by atoms with Crippen LogP contribution in [0, 0.1) is 23.0 Å². The number of rotatable bonds is 3. The maximum absolute atomic E-state index is 12.6. The molecule has 6 heteroatoms. The molecule has 1 saturated heterocycles. The van der Waals surface area contributed by atoms with Crippen molar-refractivity contribution < 1.29 is 14.5 Å². The number of carbonyl (C=O) groups excluding carboxylic acids is 1. The Bertz CT molecular complexity index is 557. The van der Waals surface area contributed by atoms with Crippen LogP contribution in [0.2, 0.25) is 0 Å². The molecule has 0 spiro atoms. The van der Waals surface area contributed by atoms with Gasteiger partial charge in [-0.3, -0.25) is 14.9 Å². The third-order valence-electron chi connectivity index (χ3n) is 3.86. The summed E-state index contributed by atoms with van der Waals surface area (Å²) >= 11 is 0. The number of nitrogens with zero attached hydrogens (tertiary/aromatic N) is 2. The van der Waals surface area contributed by atoms with Crippen LogP contribution < -0.4 is 0 Å². The van der Waals surface area contributed by atoms with E-state index in [4.69, 9.17) is 4.74 Å². The number of hydrogen-bond donors (Lipinski definition) is 0. The number of ether oxygens (including phenoxy) is 1. The van der Waals surface area contributed by atoms with Crippen LogP contribution in [0.15, 0.2) is 18.2 Å². The smallest absolute Gasteiger partial charge is 0.273 e. The van der Waals surface area contributed by atoms with Crippen LogP contribution >= 0.6 is 0 Å². The number of nitro benzene ring substituents is 1. The van der Waals surface area contributed by atoms with Crippen molar-refractivity contribution >= 4 is 11.6 Å². The fourth-order valence-electron chi connectivity index (χ4n) is 2.49. The SMILES string of the molecule is Cc1c(C(=O)N2CCOC(C(C)C)C2)cccc1[N+](=O)[O-]. The van der Waals surface area contributed by atoms with E-state index in [1.54, 1.807) is 24.0 Å². The molecule has 1 unspecified atom stereocenters. The summed E-state index contributed by atoms with van der Waals surface area (Å²) in [7, 11) is 0. The second-order valence-corrected chi connectivity index (χ2v) is 5.61. The second kappa shape index (κ2) is 6.22. The molecule has 2 rings (SSSR count). The van der Waals surface area contributed by atoms with E-state index in [1.165, 1.54) is 6.07 Å². The van der Waals surface area contributed by atoms with Gasteiger partial charge in [-0.1, -0.05) is 19.9 Å². The molecule has 0 saturated carbocycles. The summed E-state index contributed by atoms with van der Waals surface area (Å²) in [4.78, 5) is 24.9. The highest BCUT2D eigenvalue weighted by Gasteiger charge is 2.28. The molecule has 1 aliphatic heterocycles. The molecule has 1 fully saturated rings. The number of morpholine rings is 1. The minimum Gasteiger partial charge on any atom is -0.374 e. The van der Waals surface area contributed by atoms with Gasteiger partial charge in [0.05, 0.1) is 17.6 Å². The molecule has 114 valence electrons. The van der Waals surface area contributed by atoms with Gasteiger partial charge >= 0.3 is 0 Å². The van der Waals surface area contributed by atoms with Gasteiger partial charge in [-0.25, -0.2) is 0 Å². The maximum atomic E-state index is 12.6. The van der Waals surface area contributed by atoms with Gasteiger partial charge in [-0.15, -0.1) is 0 Å². The van der Waals surface area contributed by atoms with Gasteiger partial charge < -0.3 is 9.64 Å². The van der Waals surface area contributed by atoms with Crippen LogP contribution in [0.4, 0.5) is 5.69 Å². The molecule has 0 radical (unpaired) electrons. The molecule has 1 atom stereocenters. The van der Waals surface area contributed by atoms with Gasteiger partial charge in [0.1, 0.15) is 0 Å². The third kappa shape index (κ3) is 3.21. The van der Waals surface area contributed by atoms with Crippen LogP contribution in [-0.4, -0.2) is 41.5 Å². The zero-order valence-electron chi connectivity index (χ0n) is 12.5. The molecule has 1 amide bonds.